The van der Waals surface area contributed by atoms with E-state index in [1.807, 2.05) is 0 Å². The average Bonchev–Trinajstić information content (AvgIpc) is 2.65. The third-order valence-electron chi connectivity index (χ3n) is 3.18. The molecule has 1 aliphatic heterocycles. The maximum absolute atomic E-state index is 3.68. The molecular formula is C13H20N2. The maximum atomic E-state index is 3.68. The molecule has 1 unspecified atom stereocenters. The summed E-state index contributed by atoms with van der Waals surface area (Å²) in [4.78, 5) is 2.38. The van der Waals surface area contributed by atoms with Crippen molar-refractivity contribution in [2.45, 2.75) is 25.4 Å². The Labute approximate surface area is 92.3 Å². The fourth-order valence-electron chi connectivity index (χ4n) is 2.26. The Kier molecular flexibility index (Phi) is 3.39. The van der Waals surface area contributed by atoms with E-state index in [0.29, 0.717) is 12.1 Å². The topological polar surface area (TPSA) is 15.3 Å². The first-order valence-corrected chi connectivity index (χ1v) is 5.75. The van der Waals surface area contributed by atoms with Gasteiger partial charge in [0, 0.05) is 18.6 Å². The Morgan fingerprint density at radius 2 is 2.07 bits per heavy atom. The van der Waals surface area contributed by atoms with Gasteiger partial charge in [0.1, 0.15) is 0 Å². The third-order valence-corrected chi connectivity index (χ3v) is 3.18. The van der Waals surface area contributed by atoms with E-state index in [2.05, 4.69) is 54.5 Å². The van der Waals surface area contributed by atoms with Gasteiger partial charge in [-0.05, 0) is 32.5 Å². The third kappa shape index (κ3) is 2.80. The zero-order chi connectivity index (χ0) is 10.7. The standard InChI is InChI=1S/C13H20N2/c1-11(12-6-4-3-5-7-12)14-13-8-9-15(2)10-13/h3-7,11,13-14H,8-10H2,1-2H3/t11-,13?/m1/s1. The molecule has 0 saturated carbocycles. The second-order valence-corrected chi connectivity index (χ2v) is 4.55. The first-order chi connectivity index (χ1) is 7.25. The van der Waals surface area contributed by atoms with Crippen molar-refractivity contribution in [2.24, 2.45) is 0 Å². The van der Waals surface area contributed by atoms with Gasteiger partial charge in [-0.2, -0.15) is 0 Å². The van der Waals surface area contributed by atoms with Crippen LogP contribution >= 0.6 is 0 Å². The lowest BCUT2D eigenvalue weighted by atomic mass is 10.1. The van der Waals surface area contributed by atoms with E-state index in [0.717, 1.165) is 0 Å². The van der Waals surface area contributed by atoms with Crippen molar-refractivity contribution >= 4 is 0 Å². The van der Waals surface area contributed by atoms with Crippen LogP contribution in [0.4, 0.5) is 0 Å². The predicted molar refractivity (Wildman–Crippen MR) is 63.9 cm³/mol. The molecule has 1 fully saturated rings. The molecule has 2 heteroatoms. The molecule has 1 aromatic rings. The van der Waals surface area contributed by atoms with Crippen molar-refractivity contribution in [2.75, 3.05) is 20.1 Å². The van der Waals surface area contributed by atoms with Crippen LogP contribution in [-0.2, 0) is 0 Å². The minimum atomic E-state index is 0.461. The van der Waals surface area contributed by atoms with Gasteiger partial charge >= 0.3 is 0 Å². The molecule has 82 valence electrons. The van der Waals surface area contributed by atoms with Gasteiger partial charge in [0.05, 0.1) is 0 Å². The molecule has 2 rings (SSSR count). The molecule has 0 bridgehead atoms. The molecule has 1 heterocycles. The fourth-order valence-corrected chi connectivity index (χ4v) is 2.26. The Hall–Kier alpha value is -0.860. The molecule has 0 aliphatic carbocycles. The maximum Gasteiger partial charge on any atom is 0.0294 e. The molecule has 1 aliphatic rings. The van der Waals surface area contributed by atoms with Gasteiger partial charge in [0.25, 0.3) is 0 Å². The number of rotatable bonds is 3. The van der Waals surface area contributed by atoms with E-state index < -0.39 is 0 Å². The lowest BCUT2D eigenvalue weighted by molar-refractivity contribution is 0.387. The second kappa shape index (κ2) is 4.77. The van der Waals surface area contributed by atoms with Gasteiger partial charge in [-0.25, -0.2) is 0 Å². The van der Waals surface area contributed by atoms with E-state index in [-0.39, 0.29) is 0 Å². The molecule has 2 nitrogen and oxygen atoms in total. The van der Waals surface area contributed by atoms with Crippen LogP contribution in [0, 0.1) is 0 Å². The number of benzene rings is 1. The molecule has 0 radical (unpaired) electrons. The minimum Gasteiger partial charge on any atom is -0.306 e. The first-order valence-electron chi connectivity index (χ1n) is 5.75. The Balaban J connectivity index is 1.90. The lowest BCUT2D eigenvalue weighted by Crippen LogP contribution is -2.33. The summed E-state index contributed by atoms with van der Waals surface area (Å²) in [6.45, 7) is 4.64. The van der Waals surface area contributed by atoms with Crippen molar-refractivity contribution in [3.63, 3.8) is 0 Å². The molecule has 0 spiro atoms. The summed E-state index contributed by atoms with van der Waals surface area (Å²) in [6, 6.07) is 11.8. The predicted octanol–water partition coefficient (Wildman–Crippen LogP) is 2.04. The van der Waals surface area contributed by atoms with Gasteiger partial charge in [-0.15, -0.1) is 0 Å². The molecule has 1 saturated heterocycles. The smallest absolute Gasteiger partial charge is 0.0294 e. The zero-order valence-electron chi connectivity index (χ0n) is 9.61. The van der Waals surface area contributed by atoms with Crippen LogP contribution in [0.5, 0.6) is 0 Å². The van der Waals surface area contributed by atoms with Crippen LogP contribution in [0.3, 0.4) is 0 Å². The number of likely N-dealkylation sites (tertiary alicyclic amines) is 1. The highest BCUT2D eigenvalue weighted by Crippen LogP contribution is 2.15. The van der Waals surface area contributed by atoms with Gasteiger partial charge < -0.3 is 10.2 Å². The zero-order valence-corrected chi connectivity index (χ0v) is 9.61. The number of nitrogens with one attached hydrogen (secondary N) is 1. The summed E-state index contributed by atoms with van der Waals surface area (Å²) in [6.07, 6.45) is 1.27. The molecule has 2 atom stereocenters. The SMILES string of the molecule is C[C@@H](NC1CCN(C)C1)c1ccccc1. The summed E-state index contributed by atoms with van der Waals surface area (Å²) in [5.41, 5.74) is 1.38. The second-order valence-electron chi connectivity index (χ2n) is 4.55. The summed E-state index contributed by atoms with van der Waals surface area (Å²) in [5, 5.41) is 3.68. The van der Waals surface area contributed by atoms with E-state index in [1.165, 1.54) is 25.1 Å². The van der Waals surface area contributed by atoms with Crippen LogP contribution in [0.2, 0.25) is 0 Å². The Morgan fingerprint density at radius 1 is 1.33 bits per heavy atom. The Bertz CT molecular complexity index is 297. The van der Waals surface area contributed by atoms with Gasteiger partial charge in [-0.3, -0.25) is 0 Å². The van der Waals surface area contributed by atoms with Crippen LogP contribution in [0.1, 0.15) is 24.9 Å². The molecule has 1 aromatic carbocycles. The average molecular weight is 204 g/mol. The highest BCUT2D eigenvalue weighted by atomic mass is 15.2. The van der Waals surface area contributed by atoms with Crippen molar-refractivity contribution < 1.29 is 0 Å². The summed E-state index contributed by atoms with van der Waals surface area (Å²) in [5.74, 6) is 0. The van der Waals surface area contributed by atoms with Gasteiger partial charge in [0.15, 0.2) is 0 Å². The van der Waals surface area contributed by atoms with E-state index in [4.69, 9.17) is 0 Å². The van der Waals surface area contributed by atoms with Gasteiger partial charge in [-0.1, -0.05) is 30.3 Å². The largest absolute Gasteiger partial charge is 0.306 e. The molecule has 1 N–H and O–H groups in total. The molecular weight excluding hydrogens is 184 g/mol. The van der Waals surface area contributed by atoms with E-state index in [1.54, 1.807) is 0 Å². The number of hydrogen-bond donors (Lipinski definition) is 1. The van der Waals surface area contributed by atoms with Crippen molar-refractivity contribution in [1.82, 2.24) is 10.2 Å². The van der Waals surface area contributed by atoms with Crippen molar-refractivity contribution in [3.8, 4) is 0 Å². The quantitative estimate of drug-likeness (QED) is 0.810. The van der Waals surface area contributed by atoms with Crippen LogP contribution < -0.4 is 5.32 Å². The normalized spacial score (nSPS) is 24.3. The molecule has 15 heavy (non-hydrogen) atoms. The number of nitrogens with zero attached hydrogens (tertiary/aromatic N) is 1. The Morgan fingerprint density at radius 3 is 2.67 bits per heavy atom. The molecule has 0 amide bonds. The highest BCUT2D eigenvalue weighted by molar-refractivity contribution is 5.18. The lowest BCUT2D eigenvalue weighted by Gasteiger charge is -2.19. The summed E-state index contributed by atoms with van der Waals surface area (Å²) in [7, 11) is 2.19. The number of hydrogen-bond acceptors (Lipinski definition) is 2. The fraction of sp³-hybridized carbons (Fsp3) is 0.538. The van der Waals surface area contributed by atoms with Crippen molar-refractivity contribution in [1.29, 1.82) is 0 Å². The summed E-state index contributed by atoms with van der Waals surface area (Å²) < 4.78 is 0. The van der Waals surface area contributed by atoms with Gasteiger partial charge in [0.2, 0.25) is 0 Å². The van der Waals surface area contributed by atoms with Crippen LogP contribution in [-0.4, -0.2) is 31.1 Å². The summed E-state index contributed by atoms with van der Waals surface area (Å²) >= 11 is 0. The van der Waals surface area contributed by atoms with E-state index in [9.17, 15) is 0 Å². The number of likely N-dealkylation sites (N-methyl/N-ethyl adjacent to an activating group) is 1. The monoisotopic (exact) mass is 204 g/mol. The first kappa shape index (κ1) is 10.7. The highest BCUT2D eigenvalue weighted by Gasteiger charge is 2.20. The van der Waals surface area contributed by atoms with Crippen LogP contribution in [0.15, 0.2) is 30.3 Å². The van der Waals surface area contributed by atoms with E-state index >= 15 is 0 Å². The van der Waals surface area contributed by atoms with Crippen molar-refractivity contribution in [3.05, 3.63) is 35.9 Å². The minimum absolute atomic E-state index is 0.461. The molecule has 0 aromatic heterocycles. The van der Waals surface area contributed by atoms with Crippen LogP contribution in [0.25, 0.3) is 0 Å².